The molecule has 3 rings (SSSR count). The SMILES string of the molecule is C.Cl.NC1[C@H](O[C@@H]2C(CO)O[C@@H](O[C@@H]3C(CO)O[C@@H](O)C(N)[C@H]3O)C(N)[C@H]2O)OC(CO)[C@@H](O)[C@@H]1O. The zero-order valence-corrected chi connectivity index (χ0v) is 19.4. The Balaban J connectivity index is 0.00000324. The van der Waals surface area contributed by atoms with E-state index in [1.54, 1.807) is 0 Å². The Bertz CT molecular complexity index is 654. The van der Waals surface area contributed by atoms with Crippen LogP contribution in [-0.2, 0) is 23.7 Å². The monoisotopic (exact) mass is 553 g/mol. The van der Waals surface area contributed by atoms with Crippen molar-refractivity contribution in [2.24, 2.45) is 17.2 Å². The molecule has 216 valence electrons. The van der Waals surface area contributed by atoms with Gasteiger partial charge in [0.2, 0.25) is 0 Å². The molecule has 3 saturated heterocycles. The lowest BCUT2D eigenvalue weighted by Crippen LogP contribution is -2.69. The number of hydrogen-bond donors (Lipinski definition) is 11. The summed E-state index contributed by atoms with van der Waals surface area (Å²) in [5.74, 6) is 0. The molecule has 3 heterocycles. The Labute approximate surface area is 213 Å². The van der Waals surface area contributed by atoms with Gasteiger partial charge in [-0.15, -0.1) is 12.4 Å². The maximum absolute atomic E-state index is 10.8. The number of nitrogens with two attached hydrogens (primary N) is 3. The summed E-state index contributed by atoms with van der Waals surface area (Å²) in [4.78, 5) is 0. The van der Waals surface area contributed by atoms with Crippen molar-refractivity contribution in [2.75, 3.05) is 19.8 Å². The first-order valence-corrected chi connectivity index (χ1v) is 10.8. The van der Waals surface area contributed by atoms with Gasteiger partial charge in [0.25, 0.3) is 0 Å². The van der Waals surface area contributed by atoms with Gasteiger partial charge in [0.15, 0.2) is 18.9 Å². The van der Waals surface area contributed by atoms with Crippen molar-refractivity contribution in [3.8, 4) is 0 Å². The molecule has 6 unspecified atom stereocenters. The van der Waals surface area contributed by atoms with Gasteiger partial charge in [-0.05, 0) is 0 Å². The normalized spacial score (nSPS) is 49.6. The van der Waals surface area contributed by atoms with E-state index in [-0.39, 0.29) is 19.8 Å². The minimum absolute atomic E-state index is 0. The van der Waals surface area contributed by atoms with Crippen LogP contribution in [0, 0.1) is 0 Å². The van der Waals surface area contributed by atoms with E-state index in [2.05, 4.69) is 0 Å². The second-order valence-corrected chi connectivity index (χ2v) is 8.59. The number of ether oxygens (including phenoxy) is 5. The predicted molar refractivity (Wildman–Crippen MR) is 121 cm³/mol. The van der Waals surface area contributed by atoms with Crippen LogP contribution in [0.1, 0.15) is 7.43 Å². The summed E-state index contributed by atoms with van der Waals surface area (Å²) >= 11 is 0. The van der Waals surface area contributed by atoms with Crippen molar-refractivity contribution in [3.63, 3.8) is 0 Å². The molecule has 17 heteroatoms. The van der Waals surface area contributed by atoms with Crippen molar-refractivity contribution >= 4 is 12.4 Å². The Kier molecular flexibility index (Phi) is 13.2. The molecule has 15 atom stereocenters. The van der Waals surface area contributed by atoms with E-state index in [0.29, 0.717) is 0 Å². The van der Waals surface area contributed by atoms with Gasteiger partial charge in [0.05, 0.1) is 37.9 Å². The third-order valence-corrected chi connectivity index (χ3v) is 6.33. The van der Waals surface area contributed by atoms with Crippen molar-refractivity contribution in [1.29, 1.82) is 0 Å². The van der Waals surface area contributed by atoms with E-state index in [0.717, 1.165) is 0 Å². The molecular formula is C19H40ClN3O13. The van der Waals surface area contributed by atoms with E-state index in [1.807, 2.05) is 0 Å². The molecule has 0 aliphatic carbocycles. The summed E-state index contributed by atoms with van der Waals surface area (Å²) in [6.45, 7) is -2.00. The highest BCUT2D eigenvalue weighted by Crippen LogP contribution is 2.30. The maximum Gasteiger partial charge on any atom is 0.176 e. The molecule has 3 fully saturated rings. The van der Waals surface area contributed by atoms with E-state index in [9.17, 15) is 40.9 Å². The molecule has 0 spiro atoms. The number of rotatable bonds is 7. The van der Waals surface area contributed by atoms with Gasteiger partial charge in [-0.25, -0.2) is 0 Å². The summed E-state index contributed by atoms with van der Waals surface area (Å²) in [7, 11) is 0. The molecule has 0 saturated carbocycles. The molecule has 0 aromatic heterocycles. The van der Waals surface area contributed by atoms with Gasteiger partial charge < -0.3 is 81.7 Å². The summed E-state index contributed by atoms with van der Waals surface area (Å²) in [5.41, 5.74) is 17.6. The Morgan fingerprint density at radius 2 is 0.944 bits per heavy atom. The smallest absolute Gasteiger partial charge is 0.176 e. The predicted octanol–water partition coefficient (Wildman–Crippen LogP) is -6.62. The lowest BCUT2D eigenvalue weighted by atomic mass is 9.94. The van der Waals surface area contributed by atoms with Gasteiger partial charge >= 0.3 is 0 Å². The first kappa shape index (κ1) is 33.7. The van der Waals surface area contributed by atoms with E-state index in [4.69, 9.17) is 40.9 Å². The number of aliphatic hydroxyl groups excluding tert-OH is 8. The minimum atomic E-state index is -1.56. The third-order valence-electron chi connectivity index (χ3n) is 6.33. The topological polar surface area (TPSA) is 286 Å². The van der Waals surface area contributed by atoms with Crippen molar-refractivity contribution in [3.05, 3.63) is 0 Å². The molecule has 0 bridgehead atoms. The average molecular weight is 554 g/mol. The summed E-state index contributed by atoms with van der Waals surface area (Å²) in [6.07, 6.45) is -16.8. The maximum atomic E-state index is 10.8. The zero-order chi connectivity index (χ0) is 25.3. The van der Waals surface area contributed by atoms with Crippen LogP contribution in [0.2, 0.25) is 0 Å². The van der Waals surface area contributed by atoms with Crippen LogP contribution >= 0.6 is 12.4 Å². The molecule has 3 aliphatic heterocycles. The van der Waals surface area contributed by atoms with Crippen LogP contribution in [0.4, 0.5) is 0 Å². The molecule has 0 amide bonds. The molecule has 14 N–H and O–H groups in total. The summed E-state index contributed by atoms with van der Waals surface area (Å²) < 4.78 is 27.4. The highest BCUT2D eigenvalue weighted by Gasteiger charge is 2.52. The van der Waals surface area contributed by atoms with Crippen LogP contribution in [-0.4, -0.2) is 153 Å². The highest BCUT2D eigenvalue weighted by molar-refractivity contribution is 5.85. The molecule has 0 radical (unpaired) electrons. The highest BCUT2D eigenvalue weighted by atomic mass is 35.5. The zero-order valence-electron chi connectivity index (χ0n) is 18.5. The number of halogens is 1. The first-order chi connectivity index (χ1) is 16.0. The molecular weight excluding hydrogens is 514 g/mol. The van der Waals surface area contributed by atoms with E-state index < -0.39 is 112 Å². The fourth-order valence-electron chi connectivity index (χ4n) is 4.18. The first-order valence-electron chi connectivity index (χ1n) is 10.8. The largest absolute Gasteiger partial charge is 0.394 e. The van der Waals surface area contributed by atoms with Crippen LogP contribution in [0.15, 0.2) is 0 Å². The molecule has 36 heavy (non-hydrogen) atoms. The van der Waals surface area contributed by atoms with Crippen molar-refractivity contribution in [2.45, 2.75) is 99.4 Å². The minimum Gasteiger partial charge on any atom is -0.394 e. The van der Waals surface area contributed by atoms with Crippen LogP contribution < -0.4 is 17.2 Å². The molecule has 0 aromatic rings. The quantitative estimate of drug-likeness (QED) is 0.139. The van der Waals surface area contributed by atoms with Crippen LogP contribution in [0.25, 0.3) is 0 Å². The number of hydrogen-bond acceptors (Lipinski definition) is 16. The standard InChI is InChI=1S/C18H35N3O13.CH4.ClH/c19-7-12(27)14(5(2-23)30-16(7)29)33-18-9(21)13(28)15(6(3-24)32-18)34-17-8(20)11(26)10(25)4(1-22)31-17;;/h4-18,22-29H,1-3,19-21H2;1H4;1H/t4?,5?,6?,7?,8?,9?,10-,11-,12-,13-,14-,15-,16-,17+,18+;;/m1../s1. The van der Waals surface area contributed by atoms with Crippen molar-refractivity contribution < 1.29 is 64.5 Å². The van der Waals surface area contributed by atoms with Crippen LogP contribution in [0.3, 0.4) is 0 Å². The van der Waals surface area contributed by atoms with E-state index >= 15 is 0 Å². The Hall–Kier alpha value is -0.350. The van der Waals surface area contributed by atoms with Gasteiger partial charge in [-0.3, -0.25) is 0 Å². The van der Waals surface area contributed by atoms with Gasteiger partial charge in [-0.2, -0.15) is 0 Å². The Morgan fingerprint density at radius 3 is 1.42 bits per heavy atom. The van der Waals surface area contributed by atoms with Gasteiger partial charge in [0, 0.05) is 0 Å². The molecule has 16 nitrogen and oxygen atoms in total. The third kappa shape index (κ3) is 6.61. The van der Waals surface area contributed by atoms with E-state index in [1.165, 1.54) is 0 Å². The molecule has 0 aromatic carbocycles. The van der Waals surface area contributed by atoms with Gasteiger partial charge in [-0.1, -0.05) is 7.43 Å². The summed E-state index contributed by atoms with van der Waals surface area (Å²) in [6, 6.07) is -3.87. The Morgan fingerprint density at radius 1 is 0.556 bits per heavy atom. The average Bonchev–Trinajstić information content (AvgIpc) is 2.83. The fraction of sp³-hybridized carbons (Fsp3) is 1.00. The lowest BCUT2D eigenvalue weighted by molar-refractivity contribution is -0.348. The summed E-state index contributed by atoms with van der Waals surface area (Å²) in [5, 5.41) is 79.6. The van der Waals surface area contributed by atoms with Crippen molar-refractivity contribution in [1.82, 2.24) is 0 Å². The number of aliphatic hydroxyl groups is 8. The fourth-order valence-corrected chi connectivity index (χ4v) is 4.18. The lowest BCUT2D eigenvalue weighted by Gasteiger charge is -2.48. The molecule has 3 aliphatic rings. The van der Waals surface area contributed by atoms with Crippen LogP contribution in [0.5, 0.6) is 0 Å². The second kappa shape index (κ2) is 14.2. The second-order valence-electron chi connectivity index (χ2n) is 8.59. The van der Waals surface area contributed by atoms with Gasteiger partial charge in [0.1, 0.15) is 54.9 Å².